The quantitative estimate of drug-likeness (QED) is 0.165. The van der Waals surface area contributed by atoms with E-state index in [4.69, 9.17) is 0 Å². The monoisotopic (exact) mass is 665 g/mol. The van der Waals surface area contributed by atoms with E-state index >= 15 is 0 Å². The average Bonchev–Trinajstić information content (AvgIpc) is 3.79. The Balaban J connectivity index is 1.26. The fraction of sp³-hybridized carbons (Fsp3) is 0.0204. The lowest BCUT2D eigenvalue weighted by molar-refractivity contribution is 0.795. The number of para-hydroxylation sites is 2. The molecule has 0 N–H and O–H groups in total. The van der Waals surface area contributed by atoms with Crippen LogP contribution in [0.3, 0.4) is 0 Å². The van der Waals surface area contributed by atoms with Crippen LogP contribution in [0.5, 0.6) is 0 Å². The topological polar surface area (TPSA) is 4.93 Å². The summed E-state index contributed by atoms with van der Waals surface area (Å²) in [7, 11) is -0.776. The highest BCUT2D eigenvalue weighted by Crippen LogP contribution is 2.63. The van der Waals surface area contributed by atoms with E-state index < -0.39 is 13.3 Å². The van der Waals surface area contributed by atoms with Gasteiger partial charge in [0.05, 0.1) is 16.4 Å². The minimum Gasteiger partial charge on any atom is -0.309 e. The molecular formula is C49H32NP. The maximum absolute atomic E-state index is 2.57. The number of hydrogen-bond donors (Lipinski definition) is 0. The molecule has 2 heteroatoms. The van der Waals surface area contributed by atoms with Crippen molar-refractivity contribution in [1.29, 1.82) is 0 Å². The lowest BCUT2D eigenvalue weighted by atomic mass is 9.70. The molecule has 0 fully saturated rings. The number of rotatable bonds is 4. The number of nitrogens with zero attached hydrogens (tertiary/aromatic N) is 1. The van der Waals surface area contributed by atoms with Crippen LogP contribution in [0.1, 0.15) is 22.3 Å². The lowest BCUT2D eigenvalue weighted by Gasteiger charge is -2.31. The van der Waals surface area contributed by atoms with E-state index in [1.165, 1.54) is 87.9 Å². The van der Waals surface area contributed by atoms with Crippen LogP contribution in [0.25, 0.3) is 49.7 Å². The Morgan fingerprint density at radius 2 is 0.863 bits per heavy atom. The molecule has 1 spiro atoms. The summed E-state index contributed by atoms with van der Waals surface area (Å²) in [6.07, 6.45) is 0. The molecule has 0 radical (unpaired) electrons. The zero-order chi connectivity index (χ0) is 33.5. The number of fused-ring (bicyclic) bond motifs is 13. The molecule has 51 heavy (non-hydrogen) atoms. The standard InChI is InChI=1S/C49H32NP/c1-4-16-33(17-5-1)50-47-27-15-12-24-40(47)42-31-41-38-23-11-14-26-44(38)49(46(41)32-48(42)50)43-25-13-10-22-37(43)39-29-28-36(30-45(39)49)51(34-18-6-2-7-19-34)35-20-8-3-9-21-35/h1-32H. The molecule has 2 aliphatic rings. The SMILES string of the molecule is c1ccc(-n2c3ccccc3c3cc4c(cc32)C2(c3ccccc3-c3ccc(P(c5ccccc5)c5ccccc5)cc32)c2ccccc2-4)cc1. The third kappa shape index (κ3) is 3.96. The van der Waals surface area contributed by atoms with Crippen LogP contribution in [0.15, 0.2) is 194 Å². The van der Waals surface area contributed by atoms with Gasteiger partial charge in [0.2, 0.25) is 0 Å². The first-order chi connectivity index (χ1) is 25.3. The minimum atomic E-state index is -0.776. The zero-order valence-corrected chi connectivity index (χ0v) is 28.8. The van der Waals surface area contributed by atoms with Crippen LogP contribution < -0.4 is 15.9 Å². The van der Waals surface area contributed by atoms with Crippen molar-refractivity contribution in [2.24, 2.45) is 0 Å². The first-order valence-electron chi connectivity index (χ1n) is 17.7. The maximum Gasteiger partial charge on any atom is 0.0726 e. The molecule has 0 saturated carbocycles. The van der Waals surface area contributed by atoms with Crippen LogP contribution in [0.2, 0.25) is 0 Å². The number of benzene rings is 8. The molecule has 11 rings (SSSR count). The molecule has 9 aromatic rings. The average molecular weight is 666 g/mol. The molecule has 0 aliphatic heterocycles. The first-order valence-corrected chi connectivity index (χ1v) is 19.0. The number of aromatic nitrogens is 1. The summed E-state index contributed by atoms with van der Waals surface area (Å²) in [5.74, 6) is 0. The summed E-state index contributed by atoms with van der Waals surface area (Å²) in [4.78, 5) is 0. The fourth-order valence-corrected chi connectivity index (χ4v) is 11.5. The van der Waals surface area contributed by atoms with Crippen molar-refractivity contribution in [3.8, 4) is 27.9 Å². The highest BCUT2D eigenvalue weighted by molar-refractivity contribution is 7.79. The summed E-state index contributed by atoms with van der Waals surface area (Å²) < 4.78 is 2.46. The molecule has 0 saturated heterocycles. The number of hydrogen-bond acceptors (Lipinski definition) is 0. The van der Waals surface area contributed by atoms with Gasteiger partial charge in [0.25, 0.3) is 0 Å². The van der Waals surface area contributed by atoms with Crippen molar-refractivity contribution in [1.82, 2.24) is 4.57 Å². The maximum atomic E-state index is 2.57. The van der Waals surface area contributed by atoms with Crippen LogP contribution in [0.4, 0.5) is 0 Å². The highest BCUT2D eigenvalue weighted by atomic mass is 31.1. The predicted molar refractivity (Wildman–Crippen MR) is 216 cm³/mol. The van der Waals surface area contributed by atoms with Crippen molar-refractivity contribution in [3.63, 3.8) is 0 Å². The summed E-state index contributed by atoms with van der Waals surface area (Å²) in [5.41, 5.74) is 14.0. The van der Waals surface area contributed by atoms with Gasteiger partial charge in [-0.2, -0.15) is 0 Å². The van der Waals surface area contributed by atoms with Crippen molar-refractivity contribution < 1.29 is 0 Å². The van der Waals surface area contributed by atoms with Gasteiger partial charge in [0.1, 0.15) is 0 Å². The van der Waals surface area contributed by atoms with Gasteiger partial charge in [-0.3, -0.25) is 0 Å². The molecule has 0 bridgehead atoms. The largest absolute Gasteiger partial charge is 0.309 e. The molecule has 0 amide bonds. The van der Waals surface area contributed by atoms with Crippen molar-refractivity contribution in [2.45, 2.75) is 5.41 Å². The Morgan fingerprint density at radius 3 is 1.55 bits per heavy atom. The van der Waals surface area contributed by atoms with E-state index in [1.54, 1.807) is 0 Å². The molecule has 2 aliphatic carbocycles. The van der Waals surface area contributed by atoms with Crippen LogP contribution in [-0.2, 0) is 5.41 Å². The summed E-state index contributed by atoms with van der Waals surface area (Å²) in [6.45, 7) is 0. The van der Waals surface area contributed by atoms with E-state index in [0.717, 1.165) is 0 Å². The first kappa shape index (κ1) is 28.8. The molecular weight excluding hydrogens is 634 g/mol. The van der Waals surface area contributed by atoms with E-state index in [-0.39, 0.29) is 0 Å². The van der Waals surface area contributed by atoms with Crippen LogP contribution in [-0.4, -0.2) is 4.57 Å². The molecule has 238 valence electrons. The van der Waals surface area contributed by atoms with E-state index in [2.05, 4.69) is 199 Å². The van der Waals surface area contributed by atoms with Gasteiger partial charge >= 0.3 is 0 Å². The lowest BCUT2D eigenvalue weighted by Crippen LogP contribution is -2.28. The highest BCUT2D eigenvalue weighted by Gasteiger charge is 2.52. The van der Waals surface area contributed by atoms with Crippen molar-refractivity contribution in [3.05, 3.63) is 216 Å². The third-order valence-corrected chi connectivity index (χ3v) is 13.6. The Bertz CT molecular complexity index is 2760. The molecule has 1 aromatic heterocycles. The minimum absolute atomic E-state index is 0.450. The molecule has 8 aromatic carbocycles. The van der Waals surface area contributed by atoms with E-state index in [1.807, 2.05) is 0 Å². The third-order valence-electron chi connectivity index (χ3n) is 11.2. The smallest absolute Gasteiger partial charge is 0.0726 e. The second-order valence-electron chi connectivity index (χ2n) is 13.7. The fourth-order valence-electron chi connectivity index (χ4n) is 9.18. The molecule has 1 heterocycles. The predicted octanol–water partition coefficient (Wildman–Crippen LogP) is 10.9. The van der Waals surface area contributed by atoms with Gasteiger partial charge in [0, 0.05) is 16.5 Å². The van der Waals surface area contributed by atoms with Crippen molar-refractivity contribution in [2.75, 3.05) is 0 Å². The summed E-state index contributed by atoms with van der Waals surface area (Å²) in [5, 5.41) is 6.67. The van der Waals surface area contributed by atoms with Crippen molar-refractivity contribution >= 4 is 45.6 Å². The second kappa shape index (κ2) is 11.0. The Labute approximate surface area is 298 Å². The van der Waals surface area contributed by atoms with E-state index in [0.29, 0.717) is 0 Å². The van der Waals surface area contributed by atoms with E-state index in [9.17, 15) is 0 Å². The Hall–Kier alpha value is -6.01. The molecule has 1 unspecified atom stereocenters. The van der Waals surface area contributed by atoms with Gasteiger partial charge in [-0.25, -0.2) is 0 Å². The molecule has 1 nitrogen and oxygen atoms in total. The Kier molecular flexibility index (Phi) is 6.21. The second-order valence-corrected chi connectivity index (χ2v) is 15.9. The van der Waals surface area contributed by atoms with Gasteiger partial charge < -0.3 is 4.57 Å². The van der Waals surface area contributed by atoms with Crippen LogP contribution >= 0.6 is 7.92 Å². The van der Waals surface area contributed by atoms with Crippen LogP contribution in [0, 0.1) is 0 Å². The normalized spacial score (nSPS) is 15.3. The Morgan fingerprint density at radius 1 is 0.333 bits per heavy atom. The van der Waals surface area contributed by atoms with Gasteiger partial charge in [-0.15, -0.1) is 0 Å². The summed E-state index contributed by atoms with van der Waals surface area (Å²) in [6, 6.07) is 72.6. The van der Waals surface area contributed by atoms with Gasteiger partial charge in [-0.05, 0) is 105 Å². The van der Waals surface area contributed by atoms with Gasteiger partial charge in [-0.1, -0.05) is 158 Å². The van der Waals surface area contributed by atoms with Gasteiger partial charge in [0.15, 0.2) is 0 Å². The molecule has 1 atom stereocenters. The zero-order valence-electron chi connectivity index (χ0n) is 27.9. The summed E-state index contributed by atoms with van der Waals surface area (Å²) >= 11 is 0.